The quantitative estimate of drug-likeness (QED) is 0.214. The van der Waals surface area contributed by atoms with Crippen LogP contribution in [0.2, 0.25) is 5.02 Å². The number of aliphatic imine (C=N–C) groups is 1. The zero-order chi connectivity index (χ0) is 19.5. The molecular weight excluding hydrogens is 491 g/mol. The Balaban J connectivity index is 0.00000392. The Kier molecular flexibility index (Phi) is 11.4. The topological polar surface area (TPSA) is 74.8 Å². The van der Waals surface area contributed by atoms with Gasteiger partial charge in [0.05, 0.1) is 13.1 Å². The molecule has 0 unspecified atom stereocenters. The van der Waals surface area contributed by atoms with Crippen molar-refractivity contribution in [1.29, 1.82) is 0 Å². The molecule has 0 saturated carbocycles. The zero-order valence-electron chi connectivity index (χ0n) is 16.0. The zero-order valence-corrected chi connectivity index (χ0v) is 19.1. The van der Waals surface area contributed by atoms with E-state index in [9.17, 15) is 4.79 Å². The highest BCUT2D eigenvalue weighted by Gasteiger charge is 2.02. The van der Waals surface area contributed by atoms with Gasteiger partial charge in [-0.25, -0.2) is 4.99 Å². The maximum Gasteiger partial charge on any atom is 0.221 e. The van der Waals surface area contributed by atoms with Gasteiger partial charge in [0, 0.05) is 30.2 Å². The Morgan fingerprint density at radius 2 is 1.93 bits per heavy atom. The maximum atomic E-state index is 11.1. The highest BCUT2D eigenvalue weighted by molar-refractivity contribution is 14.0. The number of rotatable bonds is 8. The highest BCUT2D eigenvalue weighted by Crippen LogP contribution is 2.17. The van der Waals surface area contributed by atoms with Crippen molar-refractivity contribution in [2.24, 2.45) is 4.99 Å². The monoisotopic (exact) mass is 516 g/mol. The molecule has 1 amide bonds. The fourth-order valence-electron chi connectivity index (χ4n) is 2.34. The lowest BCUT2D eigenvalue weighted by molar-refractivity contribution is -0.114. The van der Waals surface area contributed by atoms with Crippen LogP contribution in [0.15, 0.2) is 53.5 Å². The summed E-state index contributed by atoms with van der Waals surface area (Å²) in [6.45, 7) is 5.78. The maximum absolute atomic E-state index is 11.1. The van der Waals surface area contributed by atoms with Gasteiger partial charge >= 0.3 is 0 Å². The first-order chi connectivity index (χ1) is 13.1. The van der Waals surface area contributed by atoms with Gasteiger partial charge in [-0.3, -0.25) is 4.79 Å². The number of carbonyl (C=O) groups is 1. The number of ether oxygens (including phenoxy) is 1. The summed E-state index contributed by atoms with van der Waals surface area (Å²) in [7, 11) is 0. The van der Waals surface area contributed by atoms with Crippen molar-refractivity contribution < 1.29 is 9.53 Å². The van der Waals surface area contributed by atoms with E-state index in [0.717, 1.165) is 12.1 Å². The molecule has 0 aliphatic heterocycles. The van der Waals surface area contributed by atoms with Gasteiger partial charge in [-0.05, 0) is 30.7 Å². The molecule has 0 saturated heterocycles. The predicted octanol–water partition coefficient (Wildman–Crippen LogP) is 4.05. The van der Waals surface area contributed by atoms with Gasteiger partial charge in [0.25, 0.3) is 0 Å². The van der Waals surface area contributed by atoms with Crippen molar-refractivity contribution in [2.75, 3.05) is 25.0 Å². The minimum Gasteiger partial charge on any atom is -0.492 e. The van der Waals surface area contributed by atoms with E-state index in [4.69, 9.17) is 16.3 Å². The van der Waals surface area contributed by atoms with E-state index in [1.807, 2.05) is 49.4 Å². The Morgan fingerprint density at radius 3 is 2.64 bits per heavy atom. The van der Waals surface area contributed by atoms with Crippen LogP contribution in [0.3, 0.4) is 0 Å². The molecule has 2 rings (SSSR count). The minimum atomic E-state index is -0.112. The van der Waals surface area contributed by atoms with Crippen molar-refractivity contribution in [1.82, 2.24) is 10.6 Å². The van der Waals surface area contributed by atoms with Crippen LogP contribution < -0.4 is 20.7 Å². The molecule has 0 spiro atoms. The second-order valence-corrected chi connectivity index (χ2v) is 6.18. The van der Waals surface area contributed by atoms with Crippen LogP contribution in [0.1, 0.15) is 19.4 Å². The lowest BCUT2D eigenvalue weighted by Gasteiger charge is -2.13. The van der Waals surface area contributed by atoms with E-state index in [1.165, 1.54) is 6.92 Å². The van der Waals surface area contributed by atoms with Gasteiger partial charge < -0.3 is 20.7 Å². The van der Waals surface area contributed by atoms with Crippen LogP contribution in [0.25, 0.3) is 0 Å². The van der Waals surface area contributed by atoms with Crippen LogP contribution in [0.4, 0.5) is 5.69 Å². The molecule has 0 aliphatic rings. The molecule has 0 aliphatic carbocycles. The van der Waals surface area contributed by atoms with Crippen LogP contribution in [-0.4, -0.2) is 31.6 Å². The molecule has 3 N–H and O–H groups in total. The molecule has 0 aromatic heterocycles. The number of hydrogen-bond donors (Lipinski definition) is 3. The standard InChI is InChI=1S/C20H25ClN4O2.HI/c1-3-22-20(24-14-16-7-4-5-10-19(16)21)23-11-12-27-18-9-6-8-17(13-18)25-15(2)26;/h4-10,13H,3,11-12,14H2,1-2H3,(H,25,26)(H2,22,23,24);1H. The summed E-state index contributed by atoms with van der Waals surface area (Å²) < 4.78 is 5.72. The third-order valence-corrected chi connectivity index (χ3v) is 3.90. The Morgan fingerprint density at radius 1 is 1.14 bits per heavy atom. The van der Waals surface area contributed by atoms with Gasteiger partial charge in [0.2, 0.25) is 5.91 Å². The molecule has 0 heterocycles. The van der Waals surface area contributed by atoms with Crippen molar-refractivity contribution in [3.63, 3.8) is 0 Å². The summed E-state index contributed by atoms with van der Waals surface area (Å²) in [5.74, 6) is 1.29. The van der Waals surface area contributed by atoms with Gasteiger partial charge in [0.15, 0.2) is 5.96 Å². The summed E-state index contributed by atoms with van der Waals surface area (Å²) >= 11 is 6.17. The molecule has 0 radical (unpaired) electrons. The summed E-state index contributed by atoms with van der Waals surface area (Å²) in [6, 6.07) is 15.0. The summed E-state index contributed by atoms with van der Waals surface area (Å²) in [6.07, 6.45) is 0. The van der Waals surface area contributed by atoms with Gasteiger partial charge in [-0.15, -0.1) is 24.0 Å². The predicted molar refractivity (Wildman–Crippen MR) is 126 cm³/mol. The van der Waals surface area contributed by atoms with Crippen LogP contribution in [-0.2, 0) is 11.3 Å². The molecule has 152 valence electrons. The average molecular weight is 517 g/mol. The van der Waals surface area contributed by atoms with E-state index in [0.29, 0.717) is 42.1 Å². The number of hydrogen-bond acceptors (Lipinski definition) is 3. The van der Waals surface area contributed by atoms with E-state index in [-0.39, 0.29) is 29.9 Å². The lowest BCUT2D eigenvalue weighted by Crippen LogP contribution is -2.39. The van der Waals surface area contributed by atoms with Crippen molar-refractivity contribution in [2.45, 2.75) is 20.4 Å². The van der Waals surface area contributed by atoms with Crippen LogP contribution in [0.5, 0.6) is 5.75 Å². The number of nitrogens with one attached hydrogen (secondary N) is 3. The minimum absolute atomic E-state index is 0. The second-order valence-electron chi connectivity index (χ2n) is 5.77. The number of nitrogens with zero attached hydrogens (tertiary/aromatic N) is 1. The molecule has 2 aromatic rings. The summed E-state index contributed by atoms with van der Waals surface area (Å²) in [5, 5.41) is 9.86. The molecular formula is C20H26ClIN4O2. The van der Waals surface area contributed by atoms with Crippen molar-refractivity contribution in [3.05, 3.63) is 59.1 Å². The normalized spacial score (nSPS) is 10.6. The lowest BCUT2D eigenvalue weighted by atomic mass is 10.2. The number of halogens is 2. The van der Waals surface area contributed by atoms with Crippen molar-refractivity contribution in [3.8, 4) is 5.75 Å². The first kappa shape index (κ1) is 24.0. The first-order valence-corrected chi connectivity index (χ1v) is 9.22. The van der Waals surface area contributed by atoms with E-state index in [2.05, 4.69) is 20.9 Å². The first-order valence-electron chi connectivity index (χ1n) is 8.84. The Hall–Kier alpha value is -2.00. The van der Waals surface area contributed by atoms with Gasteiger partial charge in [-0.2, -0.15) is 0 Å². The largest absolute Gasteiger partial charge is 0.492 e. The fraction of sp³-hybridized carbons (Fsp3) is 0.300. The molecule has 28 heavy (non-hydrogen) atoms. The Bertz CT molecular complexity index is 786. The van der Waals surface area contributed by atoms with E-state index in [1.54, 1.807) is 6.07 Å². The average Bonchev–Trinajstić information content (AvgIpc) is 2.64. The summed E-state index contributed by atoms with van der Waals surface area (Å²) in [5.41, 5.74) is 1.69. The van der Waals surface area contributed by atoms with E-state index < -0.39 is 0 Å². The third-order valence-electron chi connectivity index (χ3n) is 3.53. The van der Waals surface area contributed by atoms with E-state index >= 15 is 0 Å². The number of benzene rings is 2. The van der Waals surface area contributed by atoms with Crippen LogP contribution >= 0.6 is 35.6 Å². The summed E-state index contributed by atoms with van der Waals surface area (Å²) in [4.78, 5) is 15.7. The molecule has 0 bridgehead atoms. The highest BCUT2D eigenvalue weighted by atomic mass is 127. The second kappa shape index (κ2) is 13.2. The van der Waals surface area contributed by atoms with Gasteiger partial charge in [-0.1, -0.05) is 35.9 Å². The smallest absolute Gasteiger partial charge is 0.221 e. The molecule has 6 nitrogen and oxygen atoms in total. The molecule has 8 heteroatoms. The number of carbonyl (C=O) groups excluding carboxylic acids is 1. The van der Waals surface area contributed by atoms with Gasteiger partial charge in [0.1, 0.15) is 12.4 Å². The van der Waals surface area contributed by atoms with Crippen molar-refractivity contribution >= 4 is 53.1 Å². The Labute approximate surface area is 188 Å². The molecule has 0 atom stereocenters. The third kappa shape index (κ3) is 8.79. The SMILES string of the molecule is CCNC(=NCc1ccccc1Cl)NCCOc1cccc(NC(C)=O)c1.I. The molecule has 2 aromatic carbocycles. The number of guanidine groups is 1. The van der Waals surface area contributed by atoms with Crippen LogP contribution in [0, 0.1) is 0 Å². The number of amides is 1. The molecule has 0 fully saturated rings. The fourth-order valence-corrected chi connectivity index (χ4v) is 2.53. The number of anilines is 1.